The Labute approximate surface area is 102 Å². The van der Waals surface area contributed by atoms with Crippen LogP contribution in [0.3, 0.4) is 0 Å². The van der Waals surface area contributed by atoms with Crippen LogP contribution in [0.5, 0.6) is 0 Å². The average molecular weight is 239 g/mol. The number of hydrogen-bond donors (Lipinski definition) is 1. The van der Waals surface area contributed by atoms with Gasteiger partial charge in [0.05, 0.1) is 18.9 Å². The molecule has 0 aliphatic carbocycles. The first kappa shape index (κ1) is 12.5. The Balaban J connectivity index is 1.85. The highest BCUT2D eigenvalue weighted by molar-refractivity contribution is 5.04. The van der Waals surface area contributed by atoms with Gasteiger partial charge in [0.15, 0.2) is 0 Å². The highest BCUT2D eigenvalue weighted by Crippen LogP contribution is 2.19. The lowest BCUT2D eigenvalue weighted by Crippen LogP contribution is -2.34. The van der Waals surface area contributed by atoms with Gasteiger partial charge in [-0.15, -0.1) is 0 Å². The van der Waals surface area contributed by atoms with E-state index >= 15 is 0 Å². The number of methoxy groups -OCH3 is 1. The van der Waals surface area contributed by atoms with Crippen molar-refractivity contribution in [2.45, 2.75) is 25.0 Å². The molecule has 1 N–H and O–H groups in total. The van der Waals surface area contributed by atoms with Crippen LogP contribution in [0.1, 0.15) is 12.0 Å². The van der Waals surface area contributed by atoms with Crippen LogP contribution < -0.4 is 0 Å². The van der Waals surface area contributed by atoms with Crippen LogP contribution in [0.4, 0.5) is 0 Å². The van der Waals surface area contributed by atoms with E-state index in [0.717, 1.165) is 25.9 Å². The third kappa shape index (κ3) is 3.06. The van der Waals surface area contributed by atoms with E-state index in [1.54, 1.807) is 7.11 Å². The van der Waals surface area contributed by atoms with Crippen molar-refractivity contribution in [2.24, 2.45) is 7.05 Å². The lowest BCUT2D eigenvalue weighted by molar-refractivity contribution is 0.108. The summed E-state index contributed by atoms with van der Waals surface area (Å²) < 4.78 is 7.18. The Morgan fingerprint density at radius 1 is 1.59 bits per heavy atom. The first-order valence-corrected chi connectivity index (χ1v) is 6.08. The van der Waals surface area contributed by atoms with Gasteiger partial charge in [-0.25, -0.2) is 0 Å². The molecule has 0 bridgehead atoms. The molecule has 96 valence electrons. The Hall–Kier alpha value is -0.910. The molecule has 0 spiro atoms. The van der Waals surface area contributed by atoms with E-state index in [-0.39, 0.29) is 18.8 Å². The summed E-state index contributed by atoms with van der Waals surface area (Å²) in [6, 6.07) is 0.247. The van der Waals surface area contributed by atoms with Gasteiger partial charge >= 0.3 is 0 Å². The highest BCUT2D eigenvalue weighted by Gasteiger charge is 2.30. The van der Waals surface area contributed by atoms with Gasteiger partial charge in [0.1, 0.15) is 0 Å². The van der Waals surface area contributed by atoms with Gasteiger partial charge in [-0.1, -0.05) is 0 Å². The van der Waals surface area contributed by atoms with Crippen molar-refractivity contribution < 1.29 is 9.84 Å². The molecule has 2 atom stereocenters. The molecule has 2 rings (SSSR count). The molecule has 0 amide bonds. The van der Waals surface area contributed by atoms with E-state index in [1.807, 2.05) is 24.1 Å². The first-order chi connectivity index (χ1) is 8.22. The minimum absolute atomic E-state index is 0.215. The molecule has 5 heteroatoms. The summed E-state index contributed by atoms with van der Waals surface area (Å²) in [5.41, 5.74) is 1.24. The SMILES string of the molecule is CO[C@H]1C[C@@H](CO)N(CCc2cnn(C)c2)C1. The Bertz CT molecular complexity index is 353. The van der Waals surface area contributed by atoms with E-state index in [1.165, 1.54) is 5.56 Å². The molecule has 17 heavy (non-hydrogen) atoms. The molecular formula is C12H21N3O2. The van der Waals surface area contributed by atoms with Crippen LogP contribution in [0.15, 0.2) is 12.4 Å². The normalized spacial score (nSPS) is 25.6. The van der Waals surface area contributed by atoms with E-state index < -0.39 is 0 Å². The quantitative estimate of drug-likeness (QED) is 0.788. The van der Waals surface area contributed by atoms with Gasteiger partial charge in [0.25, 0.3) is 0 Å². The molecule has 0 aromatic carbocycles. The van der Waals surface area contributed by atoms with Gasteiger partial charge in [0.2, 0.25) is 0 Å². The molecule has 0 saturated carbocycles. The summed E-state index contributed by atoms with van der Waals surface area (Å²) >= 11 is 0. The zero-order valence-corrected chi connectivity index (χ0v) is 10.5. The van der Waals surface area contributed by atoms with Crippen molar-refractivity contribution in [3.05, 3.63) is 18.0 Å². The first-order valence-electron chi connectivity index (χ1n) is 6.08. The minimum Gasteiger partial charge on any atom is -0.395 e. The van der Waals surface area contributed by atoms with Crippen molar-refractivity contribution in [3.8, 4) is 0 Å². The van der Waals surface area contributed by atoms with E-state index in [0.29, 0.717) is 0 Å². The predicted molar refractivity (Wildman–Crippen MR) is 64.8 cm³/mol. The minimum atomic E-state index is 0.215. The molecule has 2 heterocycles. The molecule has 1 saturated heterocycles. The van der Waals surface area contributed by atoms with E-state index in [2.05, 4.69) is 10.00 Å². The number of hydrogen-bond acceptors (Lipinski definition) is 4. The Kier molecular flexibility index (Phi) is 4.15. The van der Waals surface area contributed by atoms with Crippen LogP contribution >= 0.6 is 0 Å². The predicted octanol–water partition coefficient (Wildman–Crippen LogP) is 0.0442. The topological polar surface area (TPSA) is 50.5 Å². The van der Waals surface area contributed by atoms with Gasteiger partial charge in [0, 0.05) is 39.5 Å². The van der Waals surface area contributed by atoms with Crippen LogP contribution in [-0.4, -0.2) is 58.7 Å². The number of aliphatic hydroxyl groups excluding tert-OH is 1. The van der Waals surface area contributed by atoms with Crippen molar-refractivity contribution in [3.63, 3.8) is 0 Å². The lowest BCUT2D eigenvalue weighted by Gasteiger charge is -2.21. The molecule has 0 radical (unpaired) electrons. The molecule has 5 nitrogen and oxygen atoms in total. The maximum atomic E-state index is 9.34. The lowest BCUT2D eigenvalue weighted by atomic mass is 10.2. The maximum Gasteiger partial charge on any atom is 0.0714 e. The number of ether oxygens (including phenoxy) is 1. The third-order valence-corrected chi connectivity index (χ3v) is 3.48. The fourth-order valence-electron chi connectivity index (χ4n) is 2.45. The molecule has 1 aromatic rings. The number of aryl methyl sites for hydroxylation is 1. The molecule has 0 unspecified atom stereocenters. The van der Waals surface area contributed by atoms with E-state index in [4.69, 9.17) is 4.74 Å². The van der Waals surface area contributed by atoms with Crippen molar-refractivity contribution in [1.82, 2.24) is 14.7 Å². The fourth-order valence-corrected chi connectivity index (χ4v) is 2.45. The summed E-state index contributed by atoms with van der Waals surface area (Å²) in [6.45, 7) is 2.09. The van der Waals surface area contributed by atoms with Crippen LogP contribution in [-0.2, 0) is 18.2 Å². The smallest absolute Gasteiger partial charge is 0.0714 e. The Morgan fingerprint density at radius 2 is 2.41 bits per heavy atom. The standard InChI is InChI=1S/C12H21N3O2/c1-14-7-10(6-13-14)3-4-15-8-12(17-2)5-11(15)9-16/h6-7,11-12,16H,3-5,8-9H2,1-2H3/t11-,12-/m0/s1. The summed E-state index contributed by atoms with van der Waals surface area (Å²) in [7, 11) is 3.67. The van der Waals surface area contributed by atoms with Gasteiger partial charge < -0.3 is 9.84 Å². The number of likely N-dealkylation sites (tertiary alicyclic amines) is 1. The third-order valence-electron chi connectivity index (χ3n) is 3.48. The zero-order chi connectivity index (χ0) is 12.3. The second-order valence-electron chi connectivity index (χ2n) is 4.70. The maximum absolute atomic E-state index is 9.34. The Morgan fingerprint density at radius 3 is 3.00 bits per heavy atom. The van der Waals surface area contributed by atoms with Crippen LogP contribution in [0.25, 0.3) is 0 Å². The molecule has 1 aliphatic rings. The molecular weight excluding hydrogens is 218 g/mol. The molecule has 1 fully saturated rings. The van der Waals surface area contributed by atoms with Crippen molar-refractivity contribution in [2.75, 3.05) is 26.8 Å². The zero-order valence-electron chi connectivity index (χ0n) is 10.5. The second-order valence-corrected chi connectivity index (χ2v) is 4.70. The van der Waals surface area contributed by atoms with Gasteiger partial charge in [-0.2, -0.15) is 5.10 Å². The average Bonchev–Trinajstić information content (AvgIpc) is 2.92. The number of aromatic nitrogens is 2. The molecule has 1 aromatic heterocycles. The fraction of sp³-hybridized carbons (Fsp3) is 0.750. The second kappa shape index (κ2) is 5.62. The monoisotopic (exact) mass is 239 g/mol. The highest BCUT2D eigenvalue weighted by atomic mass is 16.5. The van der Waals surface area contributed by atoms with E-state index in [9.17, 15) is 5.11 Å². The van der Waals surface area contributed by atoms with Crippen molar-refractivity contribution in [1.29, 1.82) is 0 Å². The number of rotatable bonds is 5. The summed E-state index contributed by atoms with van der Waals surface area (Å²) in [4.78, 5) is 2.31. The van der Waals surface area contributed by atoms with Crippen molar-refractivity contribution >= 4 is 0 Å². The summed E-state index contributed by atoms with van der Waals surface area (Å²) in [5.74, 6) is 0. The van der Waals surface area contributed by atoms with Gasteiger partial charge in [-0.3, -0.25) is 9.58 Å². The van der Waals surface area contributed by atoms with Crippen LogP contribution in [0, 0.1) is 0 Å². The summed E-state index contributed by atoms with van der Waals surface area (Å²) in [5, 5.41) is 13.5. The molecule has 1 aliphatic heterocycles. The van der Waals surface area contributed by atoms with Gasteiger partial charge in [-0.05, 0) is 18.4 Å². The largest absolute Gasteiger partial charge is 0.395 e. The number of aliphatic hydroxyl groups is 1. The summed E-state index contributed by atoms with van der Waals surface area (Å²) in [6.07, 6.45) is 6.11. The number of nitrogens with zero attached hydrogens (tertiary/aromatic N) is 3. The van der Waals surface area contributed by atoms with Crippen LogP contribution in [0.2, 0.25) is 0 Å².